The van der Waals surface area contributed by atoms with Gasteiger partial charge in [0.1, 0.15) is 0 Å². The number of anilines is 2. The molecule has 0 saturated carbocycles. The number of nitrogens with two attached hydrogens (primary N) is 1. The van der Waals surface area contributed by atoms with Crippen LogP contribution in [-0.4, -0.2) is 39.0 Å². The van der Waals surface area contributed by atoms with Crippen molar-refractivity contribution >= 4 is 40.2 Å². The van der Waals surface area contributed by atoms with Crippen LogP contribution in [0.2, 0.25) is 0 Å². The molecule has 0 saturated heterocycles. The summed E-state index contributed by atoms with van der Waals surface area (Å²) < 4.78 is 1.92. The van der Waals surface area contributed by atoms with E-state index in [2.05, 4.69) is 25.6 Å². The van der Waals surface area contributed by atoms with Gasteiger partial charge in [-0.2, -0.15) is 0 Å². The molecule has 8 nitrogen and oxygen atoms in total. The number of carbonyl (C=O) groups excluding carboxylic acids is 1. The normalized spacial score (nSPS) is 10.9. The standard InChI is InChI=1S/C19H19N7OS/c1-21-18-22-10-8-13(23-18)15-6-7-16(28-15)17(27)25-19-24-12-4-2-3-5-14(12)26(19)11-9-20/h2-8,10H,9,11,20H2,1H3,(H,21,22,23)(H,24,25,27). The molecule has 0 aliphatic rings. The number of hydrogen-bond acceptors (Lipinski definition) is 7. The van der Waals surface area contributed by atoms with E-state index in [0.29, 0.717) is 29.9 Å². The lowest BCUT2D eigenvalue weighted by Gasteiger charge is -2.08. The number of amides is 1. The molecule has 0 spiro atoms. The summed E-state index contributed by atoms with van der Waals surface area (Å²) in [5, 5.41) is 5.82. The molecule has 0 bridgehead atoms. The lowest BCUT2D eigenvalue weighted by molar-refractivity contribution is 0.102. The molecule has 3 heterocycles. The fourth-order valence-corrected chi connectivity index (χ4v) is 3.77. The average molecular weight is 393 g/mol. The van der Waals surface area contributed by atoms with Crippen LogP contribution in [0.5, 0.6) is 0 Å². The van der Waals surface area contributed by atoms with Gasteiger partial charge in [0.15, 0.2) is 0 Å². The summed E-state index contributed by atoms with van der Waals surface area (Å²) in [4.78, 5) is 27.3. The number of nitrogens with one attached hydrogen (secondary N) is 2. The van der Waals surface area contributed by atoms with Crippen LogP contribution in [0.1, 0.15) is 9.67 Å². The maximum absolute atomic E-state index is 12.8. The monoisotopic (exact) mass is 393 g/mol. The molecule has 0 radical (unpaired) electrons. The largest absolute Gasteiger partial charge is 0.357 e. The summed E-state index contributed by atoms with van der Waals surface area (Å²) in [6, 6.07) is 13.2. The highest BCUT2D eigenvalue weighted by atomic mass is 32.1. The molecule has 28 heavy (non-hydrogen) atoms. The Morgan fingerprint density at radius 1 is 1.18 bits per heavy atom. The Morgan fingerprint density at radius 2 is 2.04 bits per heavy atom. The molecule has 142 valence electrons. The highest BCUT2D eigenvalue weighted by Crippen LogP contribution is 2.28. The zero-order chi connectivity index (χ0) is 19.5. The Labute approximate surface area is 165 Å². The Bertz CT molecular complexity index is 1130. The van der Waals surface area contributed by atoms with Crippen LogP contribution < -0.4 is 16.4 Å². The van der Waals surface area contributed by atoms with E-state index in [9.17, 15) is 4.79 Å². The molecular formula is C19H19N7OS. The quantitative estimate of drug-likeness (QED) is 0.465. The number of rotatable bonds is 6. The molecule has 3 aromatic heterocycles. The van der Waals surface area contributed by atoms with Crippen molar-refractivity contribution < 1.29 is 4.79 Å². The molecule has 1 aromatic carbocycles. The predicted octanol–water partition coefficient (Wildman–Crippen LogP) is 2.81. The molecule has 4 N–H and O–H groups in total. The highest BCUT2D eigenvalue weighted by molar-refractivity contribution is 7.17. The minimum absolute atomic E-state index is 0.215. The Hall–Kier alpha value is -3.30. The van der Waals surface area contributed by atoms with Gasteiger partial charge in [-0.1, -0.05) is 12.1 Å². The van der Waals surface area contributed by atoms with Crippen molar-refractivity contribution in [1.29, 1.82) is 0 Å². The SMILES string of the molecule is CNc1nccc(-c2ccc(C(=O)Nc3nc4ccccc4n3CCN)s2)n1. The fraction of sp³-hybridized carbons (Fsp3) is 0.158. The first-order valence-corrected chi connectivity index (χ1v) is 9.59. The lowest BCUT2D eigenvalue weighted by atomic mass is 10.3. The van der Waals surface area contributed by atoms with Crippen LogP contribution in [0.4, 0.5) is 11.9 Å². The van der Waals surface area contributed by atoms with Gasteiger partial charge < -0.3 is 15.6 Å². The van der Waals surface area contributed by atoms with E-state index >= 15 is 0 Å². The molecular weight excluding hydrogens is 374 g/mol. The number of nitrogens with zero attached hydrogens (tertiary/aromatic N) is 4. The zero-order valence-electron chi connectivity index (χ0n) is 15.2. The molecule has 9 heteroatoms. The third-order valence-electron chi connectivity index (χ3n) is 4.19. The average Bonchev–Trinajstić information content (AvgIpc) is 3.34. The number of hydrogen-bond donors (Lipinski definition) is 3. The molecule has 0 aliphatic heterocycles. The summed E-state index contributed by atoms with van der Waals surface area (Å²) in [5.41, 5.74) is 8.26. The lowest BCUT2D eigenvalue weighted by Crippen LogP contribution is -2.17. The number of benzene rings is 1. The molecule has 1 amide bonds. The predicted molar refractivity (Wildman–Crippen MR) is 112 cm³/mol. The van der Waals surface area contributed by atoms with Crippen LogP contribution in [0.3, 0.4) is 0 Å². The fourth-order valence-electron chi connectivity index (χ4n) is 2.90. The molecule has 0 atom stereocenters. The molecule has 4 rings (SSSR count). The van der Waals surface area contributed by atoms with E-state index in [1.54, 1.807) is 19.3 Å². The number of thiophene rings is 1. The van der Waals surface area contributed by atoms with Crippen molar-refractivity contribution in [3.05, 3.63) is 53.5 Å². The van der Waals surface area contributed by atoms with Gasteiger partial charge in [-0.3, -0.25) is 10.1 Å². The molecule has 0 unspecified atom stereocenters. The zero-order valence-corrected chi connectivity index (χ0v) is 16.0. The van der Waals surface area contributed by atoms with Crippen molar-refractivity contribution in [2.75, 3.05) is 24.2 Å². The smallest absolute Gasteiger partial charge is 0.268 e. The van der Waals surface area contributed by atoms with Crippen molar-refractivity contribution in [2.24, 2.45) is 5.73 Å². The number of aromatic nitrogens is 4. The van der Waals surface area contributed by atoms with Gasteiger partial charge in [0, 0.05) is 26.3 Å². The maximum atomic E-state index is 12.8. The van der Waals surface area contributed by atoms with E-state index in [-0.39, 0.29) is 5.91 Å². The minimum atomic E-state index is -0.215. The van der Waals surface area contributed by atoms with E-state index in [1.165, 1.54) is 11.3 Å². The second kappa shape index (κ2) is 7.75. The Balaban J connectivity index is 1.60. The Kier molecular flexibility index (Phi) is 5.00. The molecule has 0 aliphatic carbocycles. The summed E-state index contributed by atoms with van der Waals surface area (Å²) in [6.45, 7) is 1.02. The van der Waals surface area contributed by atoms with Gasteiger partial charge in [0.05, 0.1) is 26.5 Å². The van der Waals surface area contributed by atoms with Crippen LogP contribution in [0.15, 0.2) is 48.7 Å². The van der Waals surface area contributed by atoms with Gasteiger partial charge >= 0.3 is 0 Å². The van der Waals surface area contributed by atoms with Gasteiger partial charge in [-0.15, -0.1) is 11.3 Å². The summed E-state index contributed by atoms with van der Waals surface area (Å²) >= 11 is 1.37. The second-order valence-corrected chi connectivity index (χ2v) is 7.08. The van der Waals surface area contributed by atoms with E-state index in [4.69, 9.17) is 5.73 Å². The summed E-state index contributed by atoms with van der Waals surface area (Å²) in [5.74, 6) is 0.811. The first-order valence-electron chi connectivity index (χ1n) is 8.77. The van der Waals surface area contributed by atoms with Crippen LogP contribution in [0.25, 0.3) is 21.6 Å². The second-order valence-electron chi connectivity index (χ2n) is 6.00. The number of para-hydroxylation sites is 2. The number of fused-ring (bicyclic) bond motifs is 1. The highest BCUT2D eigenvalue weighted by Gasteiger charge is 2.16. The van der Waals surface area contributed by atoms with Crippen LogP contribution >= 0.6 is 11.3 Å². The van der Waals surface area contributed by atoms with E-state index < -0.39 is 0 Å². The third kappa shape index (κ3) is 3.45. The maximum Gasteiger partial charge on any atom is 0.268 e. The first-order chi connectivity index (χ1) is 13.7. The summed E-state index contributed by atoms with van der Waals surface area (Å²) in [7, 11) is 1.76. The van der Waals surface area contributed by atoms with Gasteiger partial charge in [-0.05, 0) is 30.3 Å². The molecule has 4 aromatic rings. The van der Waals surface area contributed by atoms with Gasteiger partial charge in [0.2, 0.25) is 11.9 Å². The van der Waals surface area contributed by atoms with Crippen molar-refractivity contribution in [2.45, 2.75) is 6.54 Å². The van der Waals surface area contributed by atoms with E-state index in [0.717, 1.165) is 21.6 Å². The van der Waals surface area contributed by atoms with Crippen LogP contribution in [-0.2, 0) is 6.54 Å². The summed E-state index contributed by atoms with van der Waals surface area (Å²) in [6.07, 6.45) is 1.68. The Morgan fingerprint density at radius 3 is 2.86 bits per heavy atom. The van der Waals surface area contributed by atoms with Crippen molar-refractivity contribution in [3.8, 4) is 10.6 Å². The third-order valence-corrected chi connectivity index (χ3v) is 5.30. The molecule has 0 fully saturated rings. The van der Waals surface area contributed by atoms with Gasteiger partial charge in [0.25, 0.3) is 5.91 Å². The van der Waals surface area contributed by atoms with Crippen molar-refractivity contribution in [1.82, 2.24) is 19.5 Å². The van der Waals surface area contributed by atoms with Crippen molar-refractivity contribution in [3.63, 3.8) is 0 Å². The number of imidazole rings is 1. The number of carbonyl (C=O) groups is 1. The van der Waals surface area contributed by atoms with Crippen LogP contribution in [0, 0.1) is 0 Å². The van der Waals surface area contributed by atoms with Gasteiger partial charge in [-0.25, -0.2) is 15.0 Å². The topological polar surface area (TPSA) is 111 Å². The first kappa shape index (κ1) is 18.1. The van der Waals surface area contributed by atoms with E-state index in [1.807, 2.05) is 41.0 Å². The minimum Gasteiger partial charge on any atom is -0.357 e.